The van der Waals surface area contributed by atoms with Crippen LogP contribution in [0.1, 0.15) is 0 Å². The number of benzene rings is 1. The van der Waals surface area contributed by atoms with Crippen LogP contribution in [0, 0.1) is 0 Å². The van der Waals surface area contributed by atoms with Crippen LogP contribution in [-0.2, 0) is 0 Å². The molecule has 0 aromatic heterocycles. The Kier molecular flexibility index (Phi) is 1.92. The summed E-state index contributed by atoms with van der Waals surface area (Å²) in [5.41, 5.74) is 0. The van der Waals surface area contributed by atoms with Crippen molar-refractivity contribution >= 4 is 23.2 Å². The first-order chi connectivity index (χ1) is 4.63. The number of phenols is 2. The van der Waals surface area contributed by atoms with Crippen molar-refractivity contribution in [3.63, 3.8) is 0 Å². The van der Waals surface area contributed by atoms with Gasteiger partial charge in [0.25, 0.3) is 0 Å². The van der Waals surface area contributed by atoms with Crippen LogP contribution in [0.15, 0.2) is 12.1 Å². The van der Waals surface area contributed by atoms with Crippen molar-refractivity contribution in [2.45, 2.75) is 0 Å². The van der Waals surface area contributed by atoms with Gasteiger partial charge in [0, 0.05) is 0 Å². The molecule has 54 valence electrons. The molecule has 2 N–H and O–H groups in total. The Morgan fingerprint density at radius 3 is 2.20 bits per heavy atom. The first kappa shape index (κ1) is 7.51. The second-order valence-electron chi connectivity index (χ2n) is 1.73. The third kappa shape index (κ3) is 1.13. The van der Waals surface area contributed by atoms with Gasteiger partial charge < -0.3 is 10.2 Å². The predicted molar refractivity (Wildman–Crippen MR) is 39.8 cm³/mol. The summed E-state index contributed by atoms with van der Waals surface area (Å²) in [6.45, 7) is 0. The SMILES string of the molecule is Oc1ccc(Cl)c(O)c1Cl. The number of rotatable bonds is 0. The van der Waals surface area contributed by atoms with Gasteiger partial charge in [-0.05, 0) is 12.1 Å². The van der Waals surface area contributed by atoms with Crippen molar-refractivity contribution in [1.29, 1.82) is 0 Å². The minimum atomic E-state index is -0.289. The Balaban J connectivity index is 3.34. The van der Waals surface area contributed by atoms with Gasteiger partial charge in [-0.25, -0.2) is 0 Å². The molecule has 0 saturated carbocycles. The maximum absolute atomic E-state index is 8.96. The van der Waals surface area contributed by atoms with Crippen LogP contribution in [0.5, 0.6) is 11.5 Å². The van der Waals surface area contributed by atoms with E-state index < -0.39 is 0 Å². The Labute approximate surface area is 67.6 Å². The van der Waals surface area contributed by atoms with Gasteiger partial charge in [0.05, 0.1) is 5.02 Å². The third-order valence-electron chi connectivity index (χ3n) is 1.05. The summed E-state index contributed by atoms with van der Waals surface area (Å²) in [6.07, 6.45) is 0. The Morgan fingerprint density at radius 1 is 1.10 bits per heavy atom. The third-order valence-corrected chi connectivity index (χ3v) is 1.72. The first-order valence-corrected chi connectivity index (χ1v) is 3.24. The summed E-state index contributed by atoms with van der Waals surface area (Å²) in [4.78, 5) is 0. The Morgan fingerprint density at radius 2 is 1.70 bits per heavy atom. The molecule has 1 rings (SSSR count). The van der Waals surface area contributed by atoms with Gasteiger partial charge in [0.15, 0.2) is 5.75 Å². The van der Waals surface area contributed by atoms with E-state index in [1.165, 1.54) is 12.1 Å². The fraction of sp³-hybridized carbons (Fsp3) is 0. The van der Waals surface area contributed by atoms with Gasteiger partial charge >= 0.3 is 0 Å². The molecule has 0 radical (unpaired) electrons. The standard InChI is InChI=1S/C6H4Cl2O2/c7-3-1-2-4(9)5(8)6(3)10/h1-2,9-10H. The van der Waals surface area contributed by atoms with E-state index >= 15 is 0 Å². The molecule has 0 bridgehead atoms. The average molecular weight is 179 g/mol. The van der Waals surface area contributed by atoms with Crippen molar-refractivity contribution < 1.29 is 10.2 Å². The molecule has 2 nitrogen and oxygen atoms in total. The van der Waals surface area contributed by atoms with Crippen LogP contribution >= 0.6 is 23.2 Å². The zero-order valence-corrected chi connectivity index (χ0v) is 6.32. The molecular weight excluding hydrogens is 175 g/mol. The molecule has 0 fully saturated rings. The van der Waals surface area contributed by atoms with Crippen molar-refractivity contribution in [3.8, 4) is 11.5 Å². The highest BCUT2D eigenvalue weighted by atomic mass is 35.5. The van der Waals surface area contributed by atoms with Crippen molar-refractivity contribution in [1.82, 2.24) is 0 Å². The van der Waals surface area contributed by atoms with E-state index in [9.17, 15) is 0 Å². The van der Waals surface area contributed by atoms with Gasteiger partial charge in [-0.1, -0.05) is 23.2 Å². The van der Waals surface area contributed by atoms with Gasteiger partial charge in [-0.3, -0.25) is 0 Å². The summed E-state index contributed by atoms with van der Waals surface area (Å²) in [7, 11) is 0. The normalized spacial score (nSPS) is 9.80. The molecule has 1 aromatic carbocycles. The summed E-state index contributed by atoms with van der Waals surface area (Å²) >= 11 is 10.8. The highest BCUT2D eigenvalue weighted by molar-refractivity contribution is 6.37. The maximum atomic E-state index is 8.96. The van der Waals surface area contributed by atoms with Crippen molar-refractivity contribution in [2.24, 2.45) is 0 Å². The molecule has 0 spiro atoms. The molecule has 0 unspecified atom stereocenters. The van der Waals surface area contributed by atoms with E-state index in [4.69, 9.17) is 33.4 Å². The molecule has 4 heteroatoms. The zero-order chi connectivity index (χ0) is 7.72. The number of aromatic hydroxyl groups is 2. The van der Waals surface area contributed by atoms with Gasteiger partial charge in [-0.2, -0.15) is 0 Å². The van der Waals surface area contributed by atoms with E-state index in [1.807, 2.05) is 0 Å². The molecule has 1 aromatic rings. The van der Waals surface area contributed by atoms with E-state index in [0.29, 0.717) is 0 Å². The largest absolute Gasteiger partial charge is 0.506 e. The fourth-order valence-electron chi connectivity index (χ4n) is 0.530. The average Bonchev–Trinajstić information content (AvgIpc) is 1.93. The summed E-state index contributed by atoms with van der Waals surface area (Å²) in [6, 6.07) is 2.67. The first-order valence-electron chi connectivity index (χ1n) is 2.49. The highest BCUT2D eigenvalue weighted by Crippen LogP contribution is 2.37. The smallest absolute Gasteiger partial charge is 0.156 e. The lowest BCUT2D eigenvalue weighted by Gasteiger charge is -1.99. The van der Waals surface area contributed by atoms with Gasteiger partial charge in [0.1, 0.15) is 10.8 Å². The van der Waals surface area contributed by atoms with Crippen LogP contribution < -0.4 is 0 Å². The summed E-state index contributed by atoms with van der Waals surface area (Å²) in [5, 5.41) is 17.8. The maximum Gasteiger partial charge on any atom is 0.156 e. The topological polar surface area (TPSA) is 40.5 Å². The lowest BCUT2D eigenvalue weighted by molar-refractivity contribution is 0.451. The second-order valence-corrected chi connectivity index (χ2v) is 2.51. The number of hydrogen-bond acceptors (Lipinski definition) is 2. The molecule has 0 atom stereocenters. The molecule has 0 aliphatic heterocycles. The molecule has 0 amide bonds. The van der Waals surface area contributed by atoms with E-state index in [0.717, 1.165) is 0 Å². The van der Waals surface area contributed by atoms with Gasteiger partial charge in [-0.15, -0.1) is 0 Å². The number of hydrogen-bond donors (Lipinski definition) is 2. The fourth-order valence-corrected chi connectivity index (χ4v) is 0.901. The summed E-state index contributed by atoms with van der Waals surface area (Å²) < 4.78 is 0. The highest BCUT2D eigenvalue weighted by Gasteiger charge is 2.06. The molecule has 0 aliphatic carbocycles. The molecule has 0 saturated heterocycles. The van der Waals surface area contributed by atoms with Crippen molar-refractivity contribution in [2.75, 3.05) is 0 Å². The minimum Gasteiger partial charge on any atom is -0.506 e. The molecule has 0 heterocycles. The van der Waals surface area contributed by atoms with Crippen molar-refractivity contribution in [3.05, 3.63) is 22.2 Å². The van der Waals surface area contributed by atoms with Crippen LogP contribution in [0.2, 0.25) is 10.0 Å². The Bertz CT molecular complexity index is 233. The van der Waals surface area contributed by atoms with E-state index in [2.05, 4.69) is 0 Å². The lowest BCUT2D eigenvalue weighted by atomic mass is 10.3. The molecular formula is C6H4Cl2O2. The van der Waals surface area contributed by atoms with Crippen LogP contribution in [-0.4, -0.2) is 10.2 Å². The lowest BCUT2D eigenvalue weighted by Crippen LogP contribution is -1.71. The van der Waals surface area contributed by atoms with Crippen LogP contribution in [0.3, 0.4) is 0 Å². The van der Waals surface area contributed by atoms with Crippen LogP contribution in [0.4, 0.5) is 0 Å². The molecule has 0 aliphatic rings. The quantitative estimate of drug-likeness (QED) is 0.641. The zero-order valence-electron chi connectivity index (χ0n) is 4.81. The molecule has 10 heavy (non-hydrogen) atoms. The monoisotopic (exact) mass is 178 g/mol. The second kappa shape index (κ2) is 2.56. The Hall–Kier alpha value is -0.600. The van der Waals surface area contributed by atoms with Gasteiger partial charge in [0.2, 0.25) is 0 Å². The number of halogens is 2. The summed E-state index contributed by atoms with van der Waals surface area (Å²) in [5.74, 6) is -0.466. The van der Waals surface area contributed by atoms with E-state index in [-0.39, 0.29) is 21.5 Å². The van der Waals surface area contributed by atoms with E-state index in [1.54, 1.807) is 0 Å². The number of phenolic OH excluding ortho intramolecular Hbond substituents is 2. The van der Waals surface area contributed by atoms with Crippen LogP contribution in [0.25, 0.3) is 0 Å². The minimum absolute atomic E-state index is 0.118. The predicted octanol–water partition coefficient (Wildman–Crippen LogP) is 2.40.